The molecule has 2 aliphatic heterocycles. The average molecular weight is 570 g/mol. The lowest BCUT2D eigenvalue weighted by molar-refractivity contribution is -0.140. The zero-order valence-corrected chi connectivity index (χ0v) is 22.7. The summed E-state index contributed by atoms with van der Waals surface area (Å²) in [5, 5.41) is 22.7. The second kappa shape index (κ2) is 10.3. The van der Waals surface area contributed by atoms with E-state index < -0.39 is 13.0 Å². The van der Waals surface area contributed by atoms with Crippen molar-refractivity contribution >= 4 is 52.3 Å². The second-order valence-corrected chi connectivity index (χ2v) is 12.0. The number of hydrogen-bond donors (Lipinski definition) is 2. The lowest BCUT2D eigenvalue weighted by Gasteiger charge is -2.42. The lowest BCUT2D eigenvalue weighted by atomic mass is 9.59. The summed E-state index contributed by atoms with van der Waals surface area (Å²) in [7, 11) is -0.969. The van der Waals surface area contributed by atoms with Gasteiger partial charge in [-0.3, -0.25) is 14.5 Å². The number of allylic oxidation sites excluding steroid dienone is 2. The molecule has 0 radical (unpaired) electrons. The number of hydrogen-bond acceptors (Lipinski definition) is 6. The van der Waals surface area contributed by atoms with Gasteiger partial charge in [-0.05, 0) is 80.6 Å². The number of rotatable bonds is 6. The lowest BCUT2D eigenvalue weighted by Crippen LogP contribution is -2.46. The van der Waals surface area contributed by atoms with Crippen molar-refractivity contribution in [1.29, 1.82) is 0 Å². The fraction of sp³-hybridized carbons (Fsp3) is 0.407. The zero-order chi connectivity index (χ0) is 25.6. The van der Waals surface area contributed by atoms with Gasteiger partial charge in [-0.15, -0.1) is 11.3 Å². The molecule has 6 nitrogen and oxygen atoms in total. The summed E-state index contributed by atoms with van der Waals surface area (Å²) in [6.07, 6.45) is 3.88. The van der Waals surface area contributed by atoms with Crippen molar-refractivity contribution in [2.24, 2.45) is 17.8 Å². The van der Waals surface area contributed by atoms with Crippen molar-refractivity contribution in [2.75, 3.05) is 0 Å². The first-order valence-corrected chi connectivity index (χ1v) is 14.0. The molecule has 1 aromatic carbocycles. The number of phenols is 1. The van der Waals surface area contributed by atoms with Gasteiger partial charge in [0.2, 0.25) is 11.8 Å². The topological polar surface area (TPSA) is 87.1 Å². The molecule has 0 saturated carbocycles. The third kappa shape index (κ3) is 4.86. The van der Waals surface area contributed by atoms with Crippen LogP contribution in [0, 0.1) is 17.8 Å². The molecule has 0 bridgehead atoms. The fourth-order valence-corrected chi connectivity index (χ4v) is 7.11. The van der Waals surface area contributed by atoms with E-state index in [1.807, 2.05) is 43.5 Å². The van der Waals surface area contributed by atoms with Gasteiger partial charge in [0.15, 0.2) is 0 Å². The Morgan fingerprint density at radius 1 is 1.28 bits per heavy atom. The predicted molar refractivity (Wildman–Crippen MR) is 144 cm³/mol. The molecule has 2 amide bonds. The fourth-order valence-electron chi connectivity index (χ4n) is 6.04. The molecule has 1 aromatic heterocycles. The van der Waals surface area contributed by atoms with E-state index in [0.717, 1.165) is 31.6 Å². The summed E-state index contributed by atoms with van der Waals surface area (Å²) in [4.78, 5) is 29.2. The minimum Gasteiger partial charge on any atom is -0.507 e. The molecule has 1 aliphatic carbocycles. The molecular weight excluding hydrogens is 541 g/mol. The monoisotopic (exact) mass is 569 g/mol. The number of carbonyl (C=O) groups excluding carboxylic acids is 2. The van der Waals surface area contributed by atoms with Crippen molar-refractivity contribution in [3.05, 3.63) is 67.3 Å². The van der Waals surface area contributed by atoms with Crippen LogP contribution in [0.1, 0.15) is 43.6 Å². The largest absolute Gasteiger partial charge is 0.507 e. The van der Waals surface area contributed by atoms with Crippen molar-refractivity contribution in [2.45, 2.75) is 52.1 Å². The summed E-state index contributed by atoms with van der Waals surface area (Å²) < 4.78 is 6.89. The van der Waals surface area contributed by atoms with E-state index in [-0.39, 0.29) is 35.5 Å². The summed E-state index contributed by atoms with van der Waals surface area (Å²) in [6, 6.07) is 9.19. The first-order valence-electron chi connectivity index (χ1n) is 12.3. The van der Waals surface area contributed by atoms with Gasteiger partial charge >= 0.3 is 7.12 Å². The zero-order valence-electron chi connectivity index (χ0n) is 20.3. The number of halogens is 1. The second-order valence-electron chi connectivity index (χ2n) is 10.1. The number of fused-ring (bicyclic) bond motifs is 3. The molecule has 3 aliphatic rings. The molecule has 0 unspecified atom stereocenters. The Morgan fingerprint density at radius 3 is 2.83 bits per heavy atom. The van der Waals surface area contributed by atoms with Crippen LogP contribution < -0.4 is 0 Å². The molecule has 0 spiro atoms. The Hall–Kier alpha value is -2.20. The number of thiophene rings is 1. The third-order valence-corrected chi connectivity index (χ3v) is 8.98. The van der Waals surface area contributed by atoms with E-state index in [9.17, 15) is 19.7 Å². The van der Waals surface area contributed by atoms with Gasteiger partial charge in [0.05, 0.1) is 24.5 Å². The van der Waals surface area contributed by atoms with Crippen molar-refractivity contribution in [3.63, 3.8) is 0 Å². The molecular formula is C27H29BBrNO5S. The summed E-state index contributed by atoms with van der Waals surface area (Å²) >= 11 is 4.98. The summed E-state index contributed by atoms with van der Waals surface area (Å²) in [5.41, 5.74) is 3.99. The van der Waals surface area contributed by atoms with Gasteiger partial charge in [0.1, 0.15) is 5.75 Å². The van der Waals surface area contributed by atoms with Gasteiger partial charge in [0.25, 0.3) is 0 Å². The quantitative estimate of drug-likeness (QED) is 0.276. The molecule has 4 atom stereocenters. The van der Waals surface area contributed by atoms with E-state index in [0.29, 0.717) is 32.1 Å². The van der Waals surface area contributed by atoms with Gasteiger partial charge in [-0.1, -0.05) is 39.2 Å². The highest BCUT2D eigenvalue weighted by Crippen LogP contribution is 2.50. The number of benzene rings is 1. The number of likely N-dealkylation sites (tertiary alicyclic amines) is 1. The van der Waals surface area contributed by atoms with Gasteiger partial charge in [-0.25, -0.2) is 0 Å². The summed E-state index contributed by atoms with van der Waals surface area (Å²) in [5.74, 6) is -0.994. The third-order valence-electron chi connectivity index (χ3n) is 7.63. The molecule has 3 heterocycles. The molecule has 36 heavy (non-hydrogen) atoms. The van der Waals surface area contributed by atoms with Crippen LogP contribution in [0.5, 0.6) is 5.75 Å². The number of aromatic hydroxyl groups is 1. The van der Waals surface area contributed by atoms with Crippen LogP contribution in [-0.4, -0.2) is 40.1 Å². The Bertz CT molecular complexity index is 1240. The number of amides is 2. The Morgan fingerprint density at radius 2 is 2.08 bits per heavy atom. The standard InChI is InChI=1S/C27H29BBrNO5S/c1-15(10-17-12-18(29)6-7-22(17)31)5-8-23-24-16(2)11-20-25(21(24)13-28(34)35-23)27(33)30(26(20)32)14-19-4-3-9-36-19/h3-4,6-7,9-10,12,20-21,23,25,31,34H,5,8,11,13-14H2,1-2H3/b15-10+/t20-,21+,23-,25-/m1/s1. The number of phenolic OH excluding ortho intramolecular Hbond substituents is 1. The van der Waals surface area contributed by atoms with Crippen molar-refractivity contribution in [3.8, 4) is 5.75 Å². The van der Waals surface area contributed by atoms with E-state index >= 15 is 0 Å². The average Bonchev–Trinajstić information content (AvgIpc) is 3.42. The molecule has 5 rings (SSSR count). The SMILES string of the molecule is CC1=C2[C@@H](CC/C(C)=C/c3cc(Br)ccc3O)OB(O)C[C@@H]2[C@@H]2C(=O)N(Cc3cccs3)C(=O)[C@@H]2C1. The molecule has 2 saturated heterocycles. The maximum Gasteiger partial charge on any atom is 0.455 e. The van der Waals surface area contributed by atoms with Crippen LogP contribution in [0.4, 0.5) is 0 Å². The van der Waals surface area contributed by atoms with Gasteiger partial charge in [-0.2, -0.15) is 0 Å². The highest BCUT2D eigenvalue weighted by Gasteiger charge is 2.56. The van der Waals surface area contributed by atoms with E-state index in [1.54, 1.807) is 23.5 Å². The van der Waals surface area contributed by atoms with Crippen LogP contribution in [0.2, 0.25) is 6.32 Å². The normalized spacial score (nSPS) is 26.5. The molecule has 188 valence electrons. The minimum atomic E-state index is -0.969. The van der Waals surface area contributed by atoms with Crippen LogP contribution >= 0.6 is 27.3 Å². The van der Waals surface area contributed by atoms with Crippen LogP contribution in [0.15, 0.2) is 56.9 Å². The van der Waals surface area contributed by atoms with Crippen LogP contribution in [0.3, 0.4) is 0 Å². The maximum atomic E-state index is 13.5. The number of imide groups is 1. The van der Waals surface area contributed by atoms with Gasteiger partial charge in [0, 0.05) is 14.9 Å². The predicted octanol–water partition coefficient (Wildman–Crippen LogP) is 5.42. The molecule has 2 N–H and O–H groups in total. The highest BCUT2D eigenvalue weighted by molar-refractivity contribution is 9.10. The van der Waals surface area contributed by atoms with Gasteiger partial charge < -0.3 is 14.8 Å². The molecule has 2 aromatic rings. The van der Waals surface area contributed by atoms with E-state index in [4.69, 9.17) is 4.65 Å². The van der Waals surface area contributed by atoms with Crippen molar-refractivity contribution in [1.82, 2.24) is 4.90 Å². The Labute approximate surface area is 223 Å². The smallest absolute Gasteiger partial charge is 0.455 e. The van der Waals surface area contributed by atoms with Crippen molar-refractivity contribution < 1.29 is 24.4 Å². The number of carbonyl (C=O) groups is 2. The van der Waals surface area contributed by atoms with Crippen LogP contribution in [-0.2, 0) is 20.8 Å². The van der Waals surface area contributed by atoms with E-state index in [2.05, 4.69) is 15.9 Å². The molecule has 9 heteroatoms. The number of nitrogens with zero attached hydrogens (tertiary/aromatic N) is 1. The minimum absolute atomic E-state index is 0.0954. The highest BCUT2D eigenvalue weighted by atomic mass is 79.9. The Balaban J connectivity index is 1.35. The first-order chi connectivity index (χ1) is 17.2. The maximum absolute atomic E-state index is 13.5. The van der Waals surface area contributed by atoms with Crippen LogP contribution in [0.25, 0.3) is 6.08 Å². The first kappa shape index (κ1) is 25.5. The summed E-state index contributed by atoms with van der Waals surface area (Å²) in [6.45, 7) is 4.36. The Kier molecular flexibility index (Phi) is 7.27. The molecule has 2 fully saturated rings. The van der Waals surface area contributed by atoms with E-state index in [1.165, 1.54) is 4.90 Å².